The molecule has 11 heteroatoms. The standard InChI is InChI=1S/C13H16F3N3O4S/c14-13(15,16)11-7-10(19(20)21)5-6-12(11)24(22,23)18-9-3-1-8(17)2-4-9/h5-9,18H,1-4,17H2. The molecule has 134 valence electrons. The van der Waals surface area contributed by atoms with E-state index in [-0.39, 0.29) is 12.1 Å². The zero-order chi connectivity index (χ0) is 18.1. The maximum absolute atomic E-state index is 13.1. The van der Waals surface area contributed by atoms with Crippen molar-refractivity contribution in [3.63, 3.8) is 0 Å². The summed E-state index contributed by atoms with van der Waals surface area (Å²) >= 11 is 0. The molecule has 1 aromatic rings. The molecular weight excluding hydrogens is 351 g/mol. The van der Waals surface area contributed by atoms with Gasteiger partial charge in [-0.1, -0.05) is 0 Å². The van der Waals surface area contributed by atoms with Crippen LogP contribution in [-0.2, 0) is 16.2 Å². The van der Waals surface area contributed by atoms with Crippen LogP contribution in [0.25, 0.3) is 0 Å². The minimum Gasteiger partial charge on any atom is -0.328 e. The molecule has 0 bridgehead atoms. The van der Waals surface area contributed by atoms with Crippen molar-refractivity contribution in [3.8, 4) is 0 Å². The topological polar surface area (TPSA) is 115 Å². The number of benzene rings is 1. The molecule has 24 heavy (non-hydrogen) atoms. The maximum Gasteiger partial charge on any atom is 0.417 e. The summed E-state index contributed by atoms with van der Waals surface area (Å²) in [4.78, 5) is 8.62. The Balaban J connectivity index is 2.37. The number of nitrogens with zero attached hydrogens (tertiary/aromatic N) is 1. The summed E-state index contributed by atoms with van der Waals surface area (Å²) in [5, 5.41) is 10.7. The molecule has 1 aromatic carbocycles. The fourth-order valence-corrected chi connectivity index (χ4v) is 4.12. The van der Waals surface area contributed by atoms with Gasteiger partial charge in [-0.15, -0.1) is 0 Å². The number of non-ortho nitro benzene ring substituents is 1. The van der Waals surface area contributed by atoms with Gasteiger partial charge in [0.1, 0.15) is 0 Å². The molecule has 2 rings (SSSR count). The lowest BCUT2D eigenvalue weighted by atomic mass is 9.93. The number of hydrogen-bond acceptors (Lipinski definition) is 5. The summed E-state index contributed by atoms with van der Waals surface area (Å²) in [5.74, 6) is 0. The Kier molecular flexibility index (Phi) is 5.16. The molecule has 3 N–H and O–H groups in total. The first-order valence-electron chi connectivity index (χ1n) is 7.14. The highest BCUT2D eigenvalue weighted by atomic mass is 32.2. The van der Waals surface area contributed by atoms with Gasteiger partial charge in [0.25, 0.3) is 5.69 Å². The Morgan fingerprint density at radius 3 is 2.29 bits per heavy atom. The molecule has 1 saturated carbocycles. The molecule has 0 spiro atoms. The predicted molar refractivity (Wildman–Crippen MR) is 78.7 cm³/mol. The van der Waals surface area contributed by atoms with Crippen LogP contribution < -0.4 is 10.5 Å². The fourth-order valence-electron chi connectivity index (χ4n) is 2.61. The van der Waals surface area contributed by atoms with E-state index in [1.165, 1.54) is 0 Å². The van der Waals surface area contributed by atoms with Crippen LogP contribution in [0.1, 0.15) is 31.2 Å². The molecule has 1 aliphatic rings. The summed E-state index contributed by atoms with van der Waals surface area (Å²) in [6.07, 6.45) is -3.05. The summed E-state index contributed by atoms with van der Waals surface area (Å²) in [6, 6.07) is 1.02. The van der Waals surface area contributed by atoms with Crippen LogP contribution in [0.5, 0.6) is 0 Å². The second-order valence-electron chi connectivity index (χ2n) is 5.67. The smallest absolute Gasteiger partial charge is 0.328 e. The average Bonchev–Trinajstić information content (AvgIpc) is 2.48. The van der Waals surface area contributed by atoms with E-state index in [2.05, 4.69) is 4.72 Å². The highest BCUT2D eigenvalue weighted by molar-refractivity contribution is 7.89. The zero-order valence-electron chi connectivity index (χ0n) is 12.4. The number of nitrogens with two attached hydrogens (primary N) is 1. The van der Waals surface area contributed by atoms with Gasteiger partial charge >= 0.3 is 6.18 Å². The van der Waals surface area contributed by atoms with Crippen molar-refractivity contribution in [1.29, 1.82) is 0 Å². The first kappa shape index (κ1) is 18.6. The van der Waals surface area contributed by atoms with Crippen LogP contribution in [-0.4, -0.2) is 25.4 Å². The molecule has 1 aliphatic carbocycles. The highest BCUT2D eigenvalue weighted by Crippen LogP contribution is 2.36. The van der Waals surface area contributed by atoms with Crippen molar-refractivity contribution in [2.24, 2.45) is 5.73 Å². The number of halogens is 3. The number of nitro groups is 1. The first-order chi connectivity index (χ1) is 11.0. The van der Waals surface area contributed by atoms with Crippen LogP contribution >= 0.6 is 0 Å². The second kappa shape index (κ2) is 6.65. The Bertz CT molecular complexity index is 728. The van der Waals surface area contributed by atoms with E-state index in [0.717, 1.165) is 6.07 Å². The van der Waals surface area contributed by atoms with Gasteiger partial charge in [0.15, 0.2) is 0 Å². The maximum atomic E-state index is 13.1. The third-order valence-corrected chi connectivity index (χ3v) is 5.44. The van der Waals surface area contributed by atoms with Gasteiger partial charge in [-0.3, -0.25) is 10.1 Å². The highest BCUT2D eigenvalue weighted by Gasteiger charge is 2.39. The number of hydrogen-bond donors (Lipinski definition) is 2. The third kappa shape index (κ3) is 4.22. The molecular formula is C13H16F3N3O4S. The van der Waals surface area contributed by atoms with Crippen molar-refractivity contribution < 1.29 is 26.5 Å². The molecule has 1 fully saturated rings. The van der Waals surface area contributed by atoms with E-state index in [4.69, 9.17) is 5.73 Å². The molecule has 0 heterocycles. The number of rotatable bonds is 4. The van der Waals surface area contributed by atoms with Gasteiger partial charge in [-0.25, -0.2) is 13.1 Å². The van der Waals surface area contributed by atoms with Crippen LogP contribution in [0.4, 0.5) is 18.9 Å². The van der Waals surface area contributed by atoms with Gasteiger partial charge in [-0.2, -0.15) is 13.2 Å². The van der Waals surface area contributed by atoms with E-state index in [0.29, 0.717) is 31.7 Å². The largest absolute Gasteiger partial charge is 0.417 e. The Morgan fingerprint density at radius 1 is 1.21 bits per heavy atom. The summed E-state index contributed by atoms with van der Waals surface area (Å²) < 4.78 is 66.2. The van der Waals surface area contributed by atoms with E-state index in [1.54, 1.807) is 0 Å². The van der Waals surface area contributed by atoms with Crippen molar-refractivity contribution in [2.75, 3.05) is 0 Å². The predicted octanol–water partition coefficient (Wildman–Crippen LogP) is 2.16. The molecule has 0 atom stereocenters. The van der Waals surface area contributed by atoms with Crippen molar-refractivity contribution in [2.45, 2.75) is 48.8 Å². The second-order valence-corrected chi connectivity index (χ2v) is 7.35. The van der Waals surface area contributed by atoms with Gasteiger partial charge < -0.3 is 5.73 Å². The SMILES string of the molecule is NC1CCC(NS(=O)(=O)c2ccc([N+](=O)[O-])cc2C(F)(F)F)CC1. The van der Waals surface area contributed by atoms with E-state index >= 15 is 0 Å². The molecule has 0 aliphatic heterocycles. The third-order valence-electron chi connectivity index (χ3n) is 3.86. The van der Waals surface area contributed by atoms with Crippen LogP contribution in [0, 0.1) is 10.1 Å². The van der Waals surface area contributed by atoms with Gasteiger partial charge in [0.2, 0.25) is 10.0 Å². The van der Waals surface area contributed by atoms with Gasteiger partial charge in [-0.05, 0) is 31.7 Å². The van der Waals surface area contributed by atoms with Crippen molar-refractivity contribution in [3.05, 3.63) is 33.9 Å². The number of sulfonamides is 1. The molecule has 0 unspecified atom stereocenters. The average molecular weight is 367 g/mol. The minimum absolute atomic E-state index is 0.0455. The molecule has 0 saturated heterocycles. The lowest BCUT2D eigenvalue weighted by Crippen LogP contribution is -2.40. The van der Waals surface area contributed by atoms with Crippen LogP contribution in [0.2, 0.25) is 0 Å². The van der Waals surface area contributed by atoms with E-state index < -0.39 is 43.3 Å². The normalized spacial score (nSPS) is 22.3. The van der Waals surface area contributed by atoms with Crippen molar-refractivity contribution in [1.82, 2.24) is 4.72 Å². The van der Waals surface area contributed by atoms with E-state index in [1.807, 2.05) is 0 Å². The first-order valence-corrected chi connectivity index (χ1v) is 8.62. The lowest BCUT2D eigenvalue weighted by molar-refractivity contribution is -0.385. The van der Waals surface area contributed by atoms with Crippen LogP contribution in [0.15, 0.2) is 23.1 Å². The monoisotopic (exact) mass is 367 g/mol. The Labute approximate surface area is 136 Å². The number of nitrogens with one attached hydrogen (secondary N) is 1. The molecule has 0 radical (unpaired) electrons. The Hall–Kier alpha value is -1.72. The van der Waals surface area contributed by atoms with E-state index in [9.17, 15) is 31.7 Å². The number of nitro benzene ring substituents is 1. The number of alkyl halides is 3. The van der Waals surface area contributed by atoms with Gasteiger partial charge in [0, 0.05) is 24.2 Å². The summed E-state index contributed by atoms with van der Waals surface area (Å²) in [6.45, 7) is 0. The summed E-state index contributed by atoms with van der Waals surface area (Å²) in [7, 11) is -4.47. The minimum atomic E-state index is -5.04. The zero-order valence-corrected chi connectivity index (χ0v) is 13.2. The molecule has 0 amide bonds. The van der Waals surface area contributed by atoms with Crippen molar-refractivity contribution >= 4 is 15.7 Å². The molecule has 7 nitrogen and oxygen atoms in total. The quantitative estimate of drug-likeness (QED) is 0.625. The molecule has 0 aromatic heterocycles. The van der Waals surface area contributed by atoms with Gasteiger partial charge in [0.05, 0.1) is 15.4 Å². The Morgan fingerprint density at radius 2 is 1.79 bits per heavy atom. The van der Waals surface area contributed by atoms with Crippen LogP contribution in [0.3, 0.4) is 0 Å². The fraction of sp³-hybridized carbons (Fsp3) is 0.538. The summed E-state index contributed by atoms with van der Waals surface area (Å²) in [5.41, 5.74) is 3.32. The lowest BCUT2D eigenvalue weighted by Gasteiger charge is -2.27.